The van der Waals surface area contributed by atoms with Gasteiger partial charge in [0.1, 0.15) is 0 Å². The summed E-state index contributed by atoms with van der Waals surface area (Å²) in [6, 6.07) is 10.4. The summed E-state index contributed by atoms with van der Waals surface area (Å²) in [5.74, 6) is 0.811. The van der Waals surface area contributed by atoms with E-state index in [0.717, 1.165) is 25.9 Å². The summed E-state index contributed by atoms with van der Waals surface area (Å²) in [4.78, 5) is 13.8. The lowest BCUT2D eigenvalue weighted by molar-refractivity contribution is -0.136. The third-order valence-electron chi connectivity index (χ3n) is 3.36. The number of rotatable bonds is 5. The van der Waals surface area contributed by atoms with Gasteiger partial charge >= 0.3 is 0 Å². The zero-order valence-electron chi connectivity index (χ0n) is 11.4. The minimum Gasteiger partial charge on any atom is -0.375 e. The molecule has 2 rings (SSSR count). The molecule has 19 heavy (non-hydrogen) atoms. The number of thioether (sulfide) groups is 1. The van der Waals surface area contributed by atoms with Crippen molar-refractivity contribution in [2.45, 2.75) is 18.9 Å². The molecule has 4 heteroatoms. The fraction of sp³-hybridized carbons (Fsp3) is 0.533. The Morgan fingerprint density at radius 2 is 2.21 bits per heavy atom. The number of amides is 1. The van der Waals surface area contributed by atoms with Crippen LogP contribution < -0.4 is 0 Å². The second-order valence-corrected chi connectivity index (χ2v) is 5.66. The summed E-state index contributed by atoms with van der Waals surface area (Å²) in [5, 5.41) is 0. The molecule has 0 saturated carbocycles. The van der Waals surface area contributed by atoms with Crippen molar-refractivity contribution in [1.29, 1.82) is 0 Å². The van der Waals surface area contributed by atoms with E-state index in [1.807, 2.05) is 17.2 Å². The van der Waals surface area contributed by atoms with Crippen LogP contribution in [0.25, 0.3) is 0 Å². The first-order valence-electron chi connectivity index (χ1n) is 6.72. The molecule has 1 fully saturated rings. The van der Waals surface area contributed by atoms with Gasteiger partial charge in [0, 0.05) is 13.1 Å². The minimum absolute atomic E-state index is 0.180. The molecule has 104 valence electrons. The van der Waals surface area contributed by atoms with Gasteiger partial charge in [-0.2, -0.15) is 11.8 Å². The maximum Gasteiger partial charge on any atom is 0.232 e. The SMILES string of the molecule is CSCC(=O)N1CCO[C@@H](CCc2ccccc2)C1. The average Bonchev–Trinajstić information content (AvgIpc) is 2.47. The van der Waals surface area contributed by atoms with Crippen LogP contribution in [0.3, 0.4) is 0 Å². The Hall–Kier alpha value is -1.00. The van der Waals surface area contributed by atoms with Crippen molar-refractivity contribution in [3.63, 3.8) is 0 Å². The molecular formula is C15H21NO2S. The van der Waals surface area contributed by atoms with Gasteiger partial charge < -0.3 is 9.64 Å². The smallest absolute Gasteiger partial charge is 0.232 e. The highest BCUT2D eigenvalue weighted by Gasteiger charge is 2.23. The van der Waals surface area contributed by atoms with Crippen LogP contribution in [0.15, 0.2) is 30.3 Å². The normalized spacial score (nSPS) is 19.4. The molecule has 1 aromatic rings. The number of ether oxygens (including phenoxy) is 1. The van der Waals surface area contributed by atoms with Crippen molar-refractivity contribution in [3.8, 4) is 0 Å². The van der Waals surface area contributed by atoms with Crippen molar-refractivity contribution >= 4 is 17.7 Å². The maximum atomic E-state index is 11.9. The summed E-state index contributed by atoms with van der Waals surface area (Å²) in [6.07, 6.45) is 4.13. The molecule has 1 atom stereocenters. The Morgan fingerprint density at radius 3 is 2.95 bits per heavy atom. The van der Waals surface area contributed by atoms with Crippen LogP contribution in [0.2, 0.25) is 0 Å². The van der Waals surface area contributed by atoms with Crippen molar-refractivity contribution in [2.24, 2.45) is 0 Å². The van der Waals surface area contributed by atoms with Gasteiger partial charge in [0.25, 0.3) is 0 Å². The number of morpholine rings is 1. The van der Waals surface area contributed by atoms with Gasteiger partial charge in [0.05, 0.1) is 18.5 Å². The number of benzene rings is 1. The van der Waals surface area contributed by atoms with E-state index in [0.29, 0.717) is 12.4 Å². The van der Waals surface area contributed by atoms with Gasteiger partial charge in [0.15, 0.2) is 0 Å². The molecular weight excluding hydrogens is 258 g/mol. The second kappa shape index (κ2) is 7.56. The van der Waals surface area contributed by atoms with Crippen LogP contribution in [-0.4, -0.2) is 48.6 Å². The van der Waals surface area contributed by atoms with E-state index >= 15 is 0 Å². The van der Waals surface area contributed by atoms with E-state index in [1.54, 1.807) is 11.8 Å². The summed E-state index contributed by atoms with van der Waals surface area (Å²) in [6.45, 7) is 2.15. The van der Waals surface area contributed by atoms with E-state index in [9.17, 15) is 4.79 Å². The molecule has 0 bridgehead atoms. The Labute approximate surface area is 119 Å². The van der Waals surface area contributed by atoms with Crippen molar-refractivity contribution in [3.05, 3.63) is 35.9 Å². The Morgan fingerprint density at radius 1 is 1.42 bits per heavy atom. The quantitative estimate of drug-likeness (QED) is 0.827. The molecule has 1 amide bonds. The van der Waals surface area contributed by atoms with E-state index in [1.165, 1.54) is 5.56 Å². The van der Waals surface area contributed by atoms with Crippen LogP contribution in [0, 0.1) is 0 Å². The Bertz CT molecular complexity index is 396. The lowest BCUT2D eigenvalue weighted by atomic mass is 10.1. The third kappa shape index (κ3) is 4.55. The summed E-state index contributed by atoms with van der Waals surface area (Å²) >= 11 is 1.58. The summed E-state index contributed by atoms with van der Waals surface area (Å²) in [5.41, 5.74) is 1.33. The second-order valence-electron chi connectivity index (χ2n) is 4.79. The molecule has 0 N–H and O–H groups in total. The van der Waals surface area contributed by atoms with Gasteiger partial charge in [-0.25, -0.2) is 0 Å². The Kier molecular flexibility index (Phi) is 5.73. The largest absolute Gasteiger partial charge is 0.375 e. The van der Waals surface area contributed by atoms with Gasteiger partial charge in [-0.1, -0.05) is 30.3 Å². The van der Waals surface area contributed by atoms with E-state index in [4.69, 9.17) is 4.74 Å². The highest BCUT2D eigenvalue weighted by molar-refractivity contribution is 7.99. The van der Waals surface area contributed by atoms with Crippen LogP contribution in [0.5, 0.6) is 0 Å². The van der Waals surface area contributed by atoms with Crippen molar-refractivity contribution in [1.82, 2.24) is 4.90 Å². The number of nitrogens with zero attached hydrogens (tertiary/aromatic N) is 1. The van der Waals surface area contributed by atoms with Gasteiger partial charge in [-0.05, 0) is 24.7 Å². The first-order chi connectivity index (χ1) is 9.29. The number of carbonyl (C=O) groups is 1. The van der Waals surface area contributed by atoms with Crippen molar-refractivity contribution in [2.75, 3.05) is 31.7 Å². The highest BCUT2D eigenvalue weighted by Crippen LogP contribution is 2.13. The number of hydrogen-bond donors (Lipinski definition) is 0. The van der Waals surface area contributed by atoms with Gasteiger partial charge in [-0.15, -0.1) is 0 Å². The monoisotopic (exact) mass is 279 g/mol. The van der Waals surface area contributed by atoms with E-state index in [2.05, 4.69) is 24.3 Å². The lowest BCUT2D eigenvalue weighted by Crippen LogP contribution is -2.46. The van der Waals surface area contributed by atoms with Gasteiger partial charge in [0.2, 0.25) is 5.91 Å². The first-order valence-corrected chi connectivity index (χ1v) is 8.11. The zero-order valence-corrected chi connectivity index (χ0v) is 12.2. The fourth-order valence-electron chi connectivity index (χ4n) is 2.31. The minimum atomic E-state index is 0.180. The van der Waals surface area contributed by atoms with Crippen LogP contribution >= 0.6 is 11.8 Å². The van der Waals surface area contributed by atoms with Gasteiger partial charge in [-0.3, -0.25) is 4.79 Å². The average molecular weight is 279 g/mol. The lowest BCUT2D eigenvalue weighted by Gasteiger charge is -2.33. The molecule has 1 heterocycles. The molecule has 3 nitrogen and oxygen atoms in total. The predicted octanol–water partition coefficient (Wildman–Crippen LogP) is 2.21. The van der Waals surface area contributed by atoms with Crippen LogP contribution in [-0.2, 0) is 16.0 Å². The maximum absolute atomic E-state index is 11.9. The molecule has 1 aromatic carbocycles. The topological polar surface area (TPSA) is 29.5 Å². The highest BCUT2D eigenvalue weighted by atomic mass is 32.2. The third-order valence-corrected chi connectivity index (χ3v) is 3.89. The molecule has 0 aromatic heterocycles. The predicted molar refractivity (Wildman–Crippen MR) is 79.5 cm³/mol. The van der Waals surface area contributed by atoms with E-state index in [-0.39, 0.29) is 12.0 Å². The standard InChI is InChI=1S/C15H21NO2S/c1-19-12-15(17)16-9-10-18-14(11-16)8-7-13-5-3-2-4-6-13/h2-6,14H,7-12H2,1H3/t14-/m0/s1. The molecule has 1 aliphatic heterocycles. The molecule has 0 unspecified atom stereocenters. The molecule has 0 spiro atoms. The molecule has 1 saturated heterocycles. The zero-order chi connectivity index (χ0) is 13.5. The fourth-order valence-corrected chi connectivity index (χ4v) is 2.74. The number of hydrogen-bond acceptors (Lipinski definition) is 3. The molecule has 1 aliphatic rings. The Balaban J connectivity index is 1.79. The summed E-state index contributed by atoms with van der Waals surface area (Å²) in [7, 11) is 0. The number of carbonyl (C=O) groups excluding carboxylic acids is 1. The van der Waals surface area contributed by atoms with E-state index < -0.39 is 0 Å². The summed E-state index contributed by atoms with van der Waals surface area (Å²) < 4.78 is 5.76. The molecule has 0 aliphatic carbocycles. The molecule has 0 radical (unpaired) electrons. The van der Waals surface area contributed by atoms with Crippen LogP contribution in [0.1, 0.15) is 12.0 Å². The number of aryl methyl sites for hydroxylation is 1. The van der Waals surface area contributed by atoms with Crippen LogP contribution in [0.4, 0.5) is 0 Å². The van der Waals surface area contributed by atoms with Crippen molar-refractivity contribution < 1.29 is 9.53 Å². The first kappa shape index (κ1) is 14.4.